The molecule has 1 aromatic rings. The smallest absolute Gasteiger partial charge is 0.309 e. The summed E-state index contributed by atoms with van der Waals surface area (Å²) in [6, 6.07) is 3.79. The van der Waals surface area contributed by atoms with E-state index in [1.807, 2.05) is 6.07 Å². The van der Waals surface area contributed by atoms with Crippen molar-refractivity contribution in [3.05, 3.63) is 34.6 Å². The topological polar surface area (TPSA) is 49.8 Å². The molecule has 1 saturated carbocycles. The van der Waals surface area contributed by atoms with Crippen LogP contribution in [0.3, 0.4) is 0 Å². The van der Waals surface area contributed by atoms with Crippen LogP contribution >= 0.6 is 0 Å². The Labute approximate surface area is 160 Å². The number of rotatable bonds is 5. The first-order valence-corrected chi connectivity index (χ1v) is 10.1. The number of allylic oxidation sites excluding steroid dienone is 1. The van der Waals surface area contributed by atoms with Crippen LogP contribution in [0.25, 0.3) is 5.57 Å². The monoisotopic (exact) mass is 373 g/mol. The Morgan fingerprint density at radius 3 is 2.67 bits per heavy atom. The maximum Gasteiger partial charge on any atom is 0.309 e. The Hall–Kier alpha value is -1.88. The van der Waals surface area contributed by atoms with Gasteiger partial charge in [0, 0.05) is 19.6 Å². The third kappa shape index (κ3) is 3.75. The quantitative estimate of drug-likeness (QED) is 0.837. The van der Waals surface area contributed by atoms with Gasteiger partial charge in [0.25, 0.3) is 0 Å². The van der Waals surface area contributed by atoms with Gasteiger partial charge in [-0.3, -0.25) is 9.69 Å². The number of ether oxygens (including phenoxy) is 1. The summed E-state index contributed by atoms with van der Waals surface area (Å²) in [5.41, 5.74) is 4.20. The SMILES string of the molecule is CC1=C(CN2CC(C(=O)O)C2)CCc2c1ccc(OC1CCCCC1)c2F. The molecule has 0 aromatic heterocycles. The molecule has 1 saturated heterocycles. The fraction of sp³-hybridized carbons (Fsp3) is 0.591. The molecule has 0 amide bonds. The van der Waals surface area contributed by atoms with Crippen LogP contribution in [0.5, 0.6) is 5.75 Å². The Kier molecular flexibility index (Phi) is 5.22. The van der Waals surface area contributed by atoms with Gasteiger partial charge in [-0.1, -0.05) is 18.1 Å². The highest BCUT2D eigenvalue weighted by molar-refractivity contribution is 5.73. The Bertz CT molecular complexity index is 761. The highest BCUT2D eigenvalue weighted by Crippen LogP contribution is 2.37. The van der Waals surface area contributed by atoms with Crippen LogP contribution in [0.4, 0.5) is 4.39 Å². The van der Waals surface area contributed by atoms with Gasteiger partial charge in [-0.2, -0.15) is 0 Å². The van der Waals surface area contributed by atoms with Crippen molar-refractivity contribution in [3.63, 3.8) is 0 Å². The highest BCUT2D eigenvalue weighted by atomic mass is 19.1. The molecule has 0 atom stereocenters. The number of hydrogen-bond donors (Lipinski definition) is 1. The zero-order valence-electron chi connectivity index (χ0n) is 16.0. The zero-order valence-corrected chi connectivity index (χ0v) is 16.0. The number of carboxylic acids is 1. The van der Waals surface area contributed by atoms with Gasteiger partial charge in [-0.15, -0.1) is 0 Å². The summed E-state index contributed by atoms with van der Waals surface area (Å²) in [5.74, 6) is -0.729. The largest absolute Gasteiger partial charge is 0.487 e. The number of hydrogen-bond acceptors (Lipinski definition) is 3. The molecule has 1 heterocycles. The molecule has 1 aliphatic heterocycles. The van der Waals surface area contributed by atoms with Gasteiger partial charge < -0.3 is 9.84 Å². The lowest BCUT2D eigenvalue weighted by Crippen LogP contribution is -2.50. The lowest BCUT2D eigenvalue weighted by molar-refractivity contribution is -0.147. The average molecular weight is 373 g/mol. The maximum absolute atomic E-state index is 15.1. The molecule has 5 heteroatoms. The Morgan fingerprint density at radius 1 is 1.22 bits per heavy atom. The molecule has 4 nitrogen and oxygen atoms in total. The van der Waals surface area contributed by atoms with E-state index >= 15 is 4.39 Å². The fourth-order valence-corrected chi connectivity index (χ4v) is 4.63. The van der Waals surface area contributed by atoms with Gasteiger partial charge in [-0.05, 0) is 68.2 Å². The molecular weight excluding hydrogens is 345 g/mol. The molecule has 0 unspecified atom stereocenters. The Morgan fingerprint density at radius 2 is 1.96 bits per heavy atom. The van der Waals surface area contributed by atoms with Crippen LogP contribution in [0, 0.1) is 11.7 Å². The minimum atomic E-state index is -0.710. The van der Waals surface area contributed by atoms with Crippen molar-refractivity contribution in [1.82, 2.24) is 4.90 Å². The van der Waals surface area contributed by atoms with Crippen molar-refractivity contribution < 1.29 is 19.0 Å². The van der Waals surface area contributed by atoms with E-state index in [4.69, 9.17) is 9.84 Å². The minimum absolute atomic E-state index is 0.149. The van der Waals surface area contributed by atoms with Crippen molar-refractivity contribution in [2.75, 3.05) is 19.6 Å². The van der Waals surface area contributed by atoms with Crippen molar-refractivity contribution in [1.29, 1.82) is 0 Å². The van der Waals surface area contributed by atoms with E-state index in [-0.39, 0.29) is 17.8 Å². The standard InChI is InChI=1S/C22H28FNO3/c1-14-15(11-24-12-16(13-24)22(25)26)7-8-19-18(14)9-10-20(21(19)23)27-17-5-3-2-4-6-17/h9-10,16-17H,2-8,11-13H2,1H3,(H,25,26). The number of carbonyl (C=O) groups is 1. The van der Waals surface area contributed by atoms with E-state index in [1.165, 1.54) is 24.8 Å². The number of benzene rings is 1. The number of aliphatic carboxylic acids is 1. The molecular formula is C22H28FNO3. The molecule has 1 N–H and O–H groups in total. The summed E-state index contributed by atoms with van der Waals surface area (Å²) in [5, 5.41) is 9.02. The molecule has 2 aliphatic carbocycles. The number of fused-ring (bicyclic) bond motifs is 1. The fourth-order valence-electron chi connectivity index (χ4n) is 4.63. The predicted molar refractivity (Wildman–Crippen MR) is 102 cm³/mol. The first-order valence-electron chi connectivity index (χ1n) is 10.1. The van der Waals surface area contributed by atoms with Gasteiger partial charge in [0.2, 0.25) is 0 Å². The second-order valence-electron chi connectivity index (χ2n) is 8.24. The third-order valence-electron chi connectivity index (χ3n) is 6.39. The summed E-state index contributed by atoms with van der Waals surface area (Å²) in [7, 11) is 0. The predicted octanol–water partition coefficient (Wildman–Crippen LogP) is 4.27. The van der Waals surface area contributed by atoms with Crippen molar-refractivity contribution in [3.8, 4) is 5.75 Å². The molecule has 0 bridgehead atoms. The number of halogens is 1. The second kappa shape index (κ2) is 7.63. The molecule has 146 valence electrons. The van der Waals surface area contributed by atoms with Gasteiger partial charge in [-0.25, -0.2) is 4.39 Å². The summed E-state index contributed by atoms with van der Waals surface area (Å²) < 4.78 is 21.1. The van der Waals surface area contributed by atoms with Crippen LogP contribution in [0.15, 0.2) is 17.7 Å². The maximum atomic E-state index is 15.1. The summed E-state index contributed by atoms with van der Waals surface area (Å²) >= 11 is 0. The van der Waals surface area contributed by atoms with E-state index in [1.54, 1.807) is 6.07 Å². The van der Waals surface area contributed by atoms with Gasteiger partial charge in [0.1, 0.15) is 0 Å². The van der Waals surface area contributed by atoms with Crippen LogP contribution < -0.4 is 4.74 Å². The lowest BCUT2D eigenvalue weighted by atomic mass is 9.85. The van der Waals surface area contributed by atoms with Crippen LogP contribution in [-0.2, 0) is 11.2 Å². The van der Waals surface area contributed by atoms with Crippen LogP contribution in [0.2, 0.25) is 0 Å². The van der Waals surface area contributed by atoms with E-state index in [0.29, 0.717) is 25.3 Å². The third-order valence-corrected chi connectivity index (χ3v) is 6.39. The zero-order chi connectivity index (χ0) is 19.0. The minimum Gasteiger partial charge on any atom is -0.487 e. The average Bonchev–Trinajstić information content (AvgIpc) is 2.62. The molecule has 0 radical (unpaired) electrons. The van der Waals surface area contributed by atoms with Crippen LogP contribution in [-0.4, -0.2) is 41.7 Å². The summed E-state index contributed by atoms with van der Waals surface area (Å²) in [4.78, 5) is 13.1. The molecule has 1 aromatic carbocycles. The highest BCUT2D eigenvalue weighted by Gasteiger charge is 2.33. The molecule has 3 aliphatic rings. The van der Waals surface area contributed by atoms with Gasteiger partial charge in [0.15, 0.2) is 11.6 Å². The molecule has 0 spiro atoms. The Balaban J connectivity index is 1.48. The molecule has 27 heavy (non-hydrogen) atoms. The van der Waals surface area contributed by atoms with Crippen molar-refractivity contribution >= 4 is 11.5 Å². The number of likely N-dealkylation sites (tertiary alicyclic amines) is 1. The number of nitrogens with zero attached hydrogens (tertiary/aromatic N) is 1. The van der Waals surface area contributed by atoms with Crippen LogP contribution in [0.1, 0.15) is 56.6 Å². The summed E-state index contributed by atoms with van der Waals surface area (Å²) in [6.07, 6.45) is 7.30. The summed E-state index contributed by atoms with van der Waals surface area (Å²) in [6.45, 7) is 4.07. The van der Waals surface area contributed by atoms with Gasteiger partial charge in [0.05, 0.1) is 12.0 Å². The first-order chi connectivity index (χ1) is 13.0. The van der Waals surface area contributed by atoms with Crippen molar-refractivity contribution in [2.45, 2.75) is 58.0 Å². The molecule has 2 fully saturated rings. The second-order valence-corrected chi connectivity index (χ2v) is 8.24. The normalized spacial score (nSPS) is 21.7. The van der Waals surface area contributed by atoms with Crippen molar-refractivity contribution in [2.24, 2.45) is 5.92 Å². The van der Waals surface area contributed by atoms with E-state index < -0.39 is 5.97 Å². The lowest BCUT2D eigenvalue weighted by Gasteiger charge is -2.38. The van der Waals surface area contributed by atoms with E-state index in [2.05, 4.69) is 11.8 Å². The number of carboxylic acid groups (broad SMARTS) is 1. The van der Waals surface area contributed by atoms with E-state index in [0.717, 1.165) is 42.5 Å². The van der Waals surface area contributed by atoms with E-state index in [9.17, 15) is 4.79 Å². The molecule has 4 rings (SSSR count). The van der Waals surface area contributed by atoms with Gasteiger partial charge >= 0.3 is 5.97 Å². The first kappa shape index (κ1) is 18.5.